The molecule has 2 aromatic heterocycles. The predicted octanol–water partition coefficient (Wildman–Crippen LogP) is 2.52. The zero-order chi connectivity index (χ0) is 11.0. The summed E-state index contributed by atoms with van der Waals surface area (Å²) >= 11 is 1.69. The summed E-state index contributed by atoms with van der Waals surface area (Å²) < 4.78 is 2.12. The minimum Gasteiger partial charge on any atom is -0.324 e. The molecule has 0 aliphatic rings. The number of fused-ring (bicyclic) bond motifs is 1. The lowest BCUT2D eigenvalue weighted by atomic mass is 10.2. The maximum absolute atomic E-state index is 5.69. The van der Waals surface area contributed by atoms with Crippen LogP contribution in [0.15, 0.2) is 41.9 Å². The van der Waals surface area contributed by atoms with Gasteiger partial charge in [-0.15, -0.1) is 11.3 Å². The molecule has 0 saturated heterocycles. The van der Waals surface area contributed by atoms with Gasteiger partial charge in [0.15, 0.2) is 0 Å². The van der Waals surface area contributed by atoms with Crippen molar-refractivity contribution in [2.24, 2.45) is 5.73 Å². The first-order chi connectivity index (χ1) is 7.90. The van der Waals surface area contributed by atoms with E-state index in [0.717, 1.165) is 10.7 Å². The van der Waals surface area contributed by atoms with Crippen molar-refractivity contribution in [2.75, 3.05) is 0 Å². The van der Waals surface area contributed by atoms with E-state index >= 15 is 0 Å². The van der Waals surface area contributed by atoms with Crippen molar-refractivity contribution < 1.29 is 0 Å². The topological polar surface area (TPSA) is 43.3 Å². The van der Waals surface area contributed by atoms with Crippen molar-refractivity contribution >= 4 is 16.2 Å². The summed E-state index contributed by atoms with van der Waals surface area (Å²) in [6.07, 6.45) is 1.87. The Morgan fingerprint density at radius 3 is 2.81 bits per heavy atom. The molecule has 2 N–H and O–H groups in total. The SMILES string of the molecule is NCc1ncc2scc(-c3ccccc3)n12. The first kappa shape index (κ1) is 9.57. The minimum atomic E-state index is 0.463. The molecule has 0 saturated carbocycles. The highest BCUT2D eigenvalue weighted by atomic mass is 32.1. The molecule has 1 aromatic carbocycles. The number of aromatic nitrogens is 2. The van der Waals surface area contributed by atoms with E-state index in [1.165, 1.54) is 11.3 Å². The Morgan fingerprint density at radius 1 is 1.25 bits per heavy atom. The van der Waals surface area contributed by atoms with Crippen LogP contribution in [-0.2, 0) is 6.54 Å². The van der Waals surface area contributed by atoms with Gasteiger partial charge >= 0.3 is 0 Å². The molecule has 0 spiro atoms. The number of thiazole rings is 1. The van der Waals surface area contributed by atoms with Crippen molar-refractivity contribution in [3.8, 4) is 11.3 Å². The number of benzene rings is 1. The summed E-state index contributed by atoms with van der Waals surface area (Å²) in [5, 5.41) is 2.14. The van der Waals surface area contributed by atoms with Gasteiger partial charge in [-0.3, -0.25) is 4.40 Å². The van der Waals surface area contributed by atoms with Gasteiger partial charge in [0.1, 0.15) is 10.7 Å². The fraction of sp³-hybridized carbons (Fsp3) is 0.0833. The Kier molecular flexibility index (Phi) is 2.23. The molecule has 0 atom stereocenters. The van der Waals surface area contributed by atoms with Crippen molar-refractivity contribution in [1.29, 1.82) is 0 Å². The molecule has 2 heterocycles. The van der Waals surface area contributed by atoms with Crippen molar-refractivity contribution in [1.82, 2.24) is 9.38 Å². The van der Waals surface area contributed by atoms with Crippen LogP contribution in [-0.4, -0.2) is 9.38 Å². The number of hydrogen-bond acceptors (Lipinski definition) is 3. The maximum atomic E-state index is 5.69. The van der Waals surface area contributed by atoms with Crippen LogP contribution in [0.25, 0.3) is 16.1 Å². The van der Waals surface area contributed by atoms with Gasteiger partial charge in [0, 0.05) is 5.38 Å². The monoisotopic (exact) mass is 229 g/mol. The first-order valence-electron chi connectivity index (χ1n) is 5.09. The van der Waals surface area contributed by atoms with E-state index in [9.17, 15) is 0 Å². The van der Waals surface area contributed by atoms with E-state index in [4.69, 9.17) is 5.73 Å². The van der Waals surface area contributed by atoms with Crippen LogP contribution >= 0.6 is 11.3 Å². The zero-order valence-electron chi connectivity index (χ0n) is 8.63. The molecule has 0 aliphatic carbocycles. The second-order valence-corrected chi connectivity index (χ2v) is 4.43. The Bertz CT molecular complexity index is 610. The summed E-state index contributed by atoms with van der Waals surface area (Å²) in [7, 11) is 0. The van der Waals surface area contributed by atoms with Crippen LogP contribution in [0.1, 0.15) is 5.82 Å². The average molecular weight is 229 g/mol. The lowest BCUT2D eigenvalue weighted by Gasteiger charge is -2.01. The van der Waals surface area contributed by atoms with Gasteiger partial charge in [-0.1, -0.05) is 30.3 Å². The maximum Gasteiger partial charge on any atom is 0.128 e. The number of nitrogens with two attached hydrogens (primary N) is 1. The van der Waals surface area contributed by atoms with Crippen molar-refractivity contribution in [3.05, 3.63) is 47.7 Å². The third-order valence-corrected chi connectivity index (χ3v) is 3.46. The summed E-state index contributed by atoms with van der Waals surface area (Å²) in [6.45, 7) is 0.463. The van der Waals surface area contributed by atoms with Gasteiger partial charge < -0.3 is 5.73 Å². The zero-order valence-corrected chi connectivity index (χ0v) is 9.45. The summed E-state index contributed by atoms with van der Waals surface area (Å²) in [6, 6.07) is 10.3. The minimum absolute atomic E-state index is 0.463. The average Bonchev–Trinajstić information content (AvgIpc) is 2.90. The highest BCUT2D eigenvalue weighted by Crippen LogP contribution is 2.27. The molecule has 0 amide bonds. The lowest BCUT2D eigenvalue weighted by Crippen LogP contribution is -2.02. The number of hydrogen-bond donors (Lipinski definition) is 1. The molecule has 80 valence electrons. The van der Waals surface area contributed by atoms with Crippen LogP contribution in [0.5, 0.6) is 0 Å². The number of imidazole rings is 1. The van der Waals surface area contributed by atoms with Gasteiger partial charge in [0.25, 0.3) is 0 Å². The van der Waals surface area contributed by atoms with Gasteiger partial charge in [0.2, 0.25) is 0 Å². The van der Waals surface area contributed by atoms with Gasteiger partial charge in [-0.05, 0) is 5.56 Å². The second kappa shape index (κ2) is 3.73. The quantitative estimate of drug-likeness (QED) is 0.733. The van der Waals surface area contributed by atoms with E-state index in [1.54, 1.807) is 11.3 Å². The molecule has 0 aliphatic heterocycles. The van der Waals surface area contributed by atoms with Crippen LogP contribution < -0.4 is 5.73 Å². The molecular weight excluding hydrogens is 218 g/mol. The van der Waals surface area contributed by atoms with Crippen LogP contribution in [0.2, 0.25) is 0 Å². The number of rotatable bonds is 2. The van der Waals surface area contributed by atoms with E-state index in [0.29, 0.717) is 6.54 Å². The van der Waals surface area contributed by atoms with E-state index in [1.807, 2.05) is 24.4 Å². The standard InChI is InChI=1S/C12H11N3S/c13-6-11-14-7-12-15(11)10(8-16-12)9-4-2-1-3-5-9/h1-5,7-8H,6,13H2. The molecule has 0 fully saturated rings. The molecule has 3 rings (SSSR count). The van der Waals surface area contributed by atoms with Crippen molar-refractivity contribution in [3.63, 3.8) is 0 Å². The molecule has 3 aromatic rings. The van der Waals surface area contributed by atoms with Crippen LogP contribution in [0, 0.1) is 0 Å². The predicted molar refractivity (Wildman–Crippen MR) is 66.4 cm³/mol. The van der Waals surface area contributed by atoms with E-state index in [2.05, 4.69) is 26.9 Å². The Hall–Kier alpha value is -1.65. The van der Waals surface area contributed by atoms with Gasteiger partial charge in [-0.2, -0.15) is 0 Å². The fourth-order valence-electron chi connectivity index (χ4n) is 1.83. The van der Waals surface area contributed by atoms with E-state index in [-0.39, 0.29) is 0 Å². The smallest absolute Gasteiger partial charge is 0.128 e. The normalized spacial score (nSPS) is 11.1. The molecule has 0 bridgehead atoms. The Labute approximate surface area is 97.2 Å². The van der Waals surface area contributed by atoms with E-state index < -0.39 is 0 Å². The molecule has 16 heavy (non-hydrogen) atoms. The molecule has 0 radical (unpaired) electrons. The largest absolute Gasteiger partial charge is 0.324 e. The highest BCUT2D eigenvalue weighted by Gasteiger charge is 2.09. The number of nitrogens with zero attached hydrogens (tertiary/aromatic N) is 2. The lowest BCUT2D eigenvalue weighted by molar-refractivity contribution is 0.912. The summed E-state index contributed by atoms with van der Waals surface area (Å²) in [4.78, 5) is 5.45. The highest BCUT2D eigenvalue weighted by molar-refractivity contribution is 7.15. The Balaban J connectivity index is 2.28. The van der Waals surface area contributed by atoms with Crippen molar-refractivity contribution in [2.45, 2.75) is 6.54 Å². The Morgan fingerprint density at radius 2 is 2.06 bits per heavy atom. The molecule has 3 nitrogen and oxygen atoms in total. The van der Waals surface area contributed by atoms with Crippen LogP contribution in [0.3, 0.4) is 0 Å². The third-order valence-electron chi connectivity index (χ3n) is 2.59. The first-order valence-corrected chi connectivity index (χ1v) is 5.97. The fourth-order valence-corrected chi connectivity index (χ4v) is 2.73. The molecular formula is C12H11N3S. The van der Waals surface area contributed by atoms with Gasteiger partial charge in [-0.25, -0.2) is 4.98 Å². The van der Waals surface area contributed by atoms with Gasteiger partial charge in [0.05, 0.1) is 18.4 Å². The third kappa shape index (κ3) is 1.35. The summed E-state index contributed by atoms with van der Waals surface area (Å²) in [5.41, 5.74) is 8.05. The molecule has 4 heteroatoms. The summed E-state index contributed by atoms with van der Waals surface area (Å²) in [5.74, 6) is 0.912. The second-order valence-electron chi connectivity index (χ2n) is 3.54. The molecule has 0 unspecified atom stereocenters. The van der Waals surface area contributed by atoms with Crippen LogP contribution in [0.4, 0.5) is 0 Å².